The molecule has 0 aromatic heterocycles. The number of nitrogens with two attached hydrogens (primary N) is 1. The minimum absolute atomic E-state index is 0.135. The first-order chi connectivity index (χ1) is 10.6. The molecule has 4 N–H and O–H groups in total. The Bertz CT molecular complexity index is 628. The Labute approximate surface area is 139 Å². The van der Waals surface area contributed by atoms with Crippen LogP contribution >= 0.6 is 15.9 Å². The minimum atomic E-state index is -0.142. The molecule has 0 heterocycles. The number of hydrazine groups is 1. The third-order valence-electron chi connectivity index (χ3n) is 3.53. The van der Waals surface area contributed by atoms with Crippen molar-refractivity contribution < 1.29 is 4.79 Å². The Morgan fingerprint density at radius 2 is 1.86 bits per heavy atom. The van der Waals surface area contributed by atoms with Gasteiger partial charge in [0.15, 0.2) is 0 Å². The first-order valence-electron chi connectivity index (χ1n) is 7.17. The molecule has 0 saturated carbocycles. The van der Waals surface area contributed by atoms with E-state index in [2.05, 4.69) is 32.7 Å². The SMILES string of the molecule is CC(Cc1ccc(NCc2ccccc2Br)cc1)C(=O)NN. The van der Waals surface area contributed by atoms with Gasteiger partial charge in [-0.1, -0.05) is 53.2 Å². The van der Waals surface area contributed by atoms with E-state index in [-0.39, 0.29) is 11.8 Å². The monoisotopic (exact) mass is 361 g/mol. The lowest BCUT2D eigenvalue weighted by Gasteiger charge is -2.11. The smallest absolute Gasteiger partial charge is 0.237 e. The molecule has 0 spiro atoms. The topological polar surface area (TPSA) is 67.2 Å². The van der Waals surface area contributed by atoms with Crippen LogP contribution in [0.15, 0.2) is 53.0 Å². The first kappa shape index (κ1) is 16.5. The highest BCUT2D eigenvalue weighted by atomic mass is 79.9. The van der Waals surface area contributed by atoms with Crippen LogP contribution in [-0.4, -0.2) is 5.91 Å². The van der Waals surface area contributed by atoms with E-state index >= 15 is 0 Å². The molecule has 0 radical (unpaired) electrons. The van der Waals surface area contributed by atoms with Gasteiger partial charge in [-0.2, -0.15) is 0 Å². The summed E-state index contributed by atoms with van der Waals surface area (Å²) in [5, 5.41) is 3.39. The molecule has 0 fully saturated rings. The summed E-state index contributed by atoms with van der Waals surface area (Å²) < 4.78 is 1.10. The molecule has 0 saturated heterocycles. The summed E-state index contributed by atoms with van der Waals surface area (Å²) in [5.41, 5.74) is 5.56. The van der Waals surface area contributed by atoms with Crippen LogP contribution < -0.4 is 16.6 Å². The number of anilines is 1. The quantitative estimate of drug-likeness (QED) is 0.420. The molecule has 2 aromatic carbocycles. The summed E-state index contributed by atoms with van der Waals surface area (Å²) in [5.74, 6) is 4.87. The van der Waals surface area contributed by atoms with E-state index in [0.29, 0.717) is 6.42 Å². The number of carbonyl (C=O) groups is 1. The molecule has 5 heteroatoms. The fourth-order valence-electron chi connectivity index (χ4n) is 2.19. The van der Waals surface area contributed by atoms with E-state index in [0.717, 1.165) is 22.3 Å². The van der Waals surface area contributed by atoms with E-state index < -0.39 is 0 Å². The number of hydrogen-bond acceptors (Lipinski definition) is 3. The van der Waals surface area contributed by atoms with Crippen molar-refractivity contribution in [3.63, 3.8) is 0 Å². The standard InChI is InChI=1S/C17H20BrN3O/c1-12(17(22)21-19)10-13-6-8-15(9-7-13)20-11-14-4-2-3-5-16(14)18/h2-9,12,20H,10-11,19H2,1H3,(H,21,22). The average Bonchev–Trinajstić information content (AvgIpc) is 2.54. The van der Waals surface area contributed by atoms with Crippen LogP contribution in [0, 0.1) is 5.92 Å². The van der Waals surface area contributed by atoms with Gasteiger partial charge in [0.1, 0.15) is 0 Å². The van der Waals surface area contributed by atoms with E-state index in [1.807, 2.05) is 49.4 Å². The van der Waals surface area contributed by atoms with Gasteiger partial charge in [0.2, 0.25) is 5.91 Å². The number of nitrogens with one attached hydrogen (secondary N) is 2. The second-order valence-corrected chi connectivity index (χ2v) is 6.11. The maximum Gasteiger partial charge on any atom is 0.237 e. The molecule has 4 nitrogen and oxygen atoms in total. The van der Waals surface area contributed by atoms with Gasteiger partial charge in [-0.25, -0.2) is 5.84 Å². The predicted octanol–water partition coefficient (Wildman–Crippen LogP) is 3.23. The zero-order chi connectivity index (χ0) is 15.9. The van der Waals surface area contributed by atoms with Gasteiger partial charge >= 0.3 is 0 Å². The van der Waals surface area contributed by atoms with Crippen LogP contribution in [0.1, 0.15) is 18.1 Å². The van der Waals surface area contributed by atoms with Gasteiger partial charge in [-0.15, -0.1) is 0 Å². The zero-order valence-electron chi connectivity index (χ0n) is 12.5. The van der Waals surface area contributed by atoms with Gasteiger partial charge in [0, 0.05) is 22.6 Å². The maximum absolute atomic E-state index is 11.4. The summed E-state index contributed by atoms with van der Waals surface area (Å²) in [7, 11) is 0. The second kappa shape index (κ2) is 7.96. The molecule has 0 aliphatic carbocycles. The number of carbonyl (C=O) groups excluding carboxylic acids is 1. The van der Waals surface area contributed by atoms with Crippen molar-refractivity contribution in [2.24, 2.45) is 11.8 Å². The van der Waals surface area contributed by atoms with Crippen molar-refractivity contribution in [2.45, 2.75) is 19.9 Å². The molecule has 2 aromatic rings. The Balaban J connectivity index is 1.92. The van der Waals surface area contributed by atoms with Gasteiger partial charge in [-0.3, -0.25) is 10.2 Å². The van der Waals surface area contributed by atoms with Gasteiger partial charge in [0.25, 0.3) is 0 Å². The highest BCUT2D eigenvalue weighted by Gasteiger charge is 2.11. The second-order valence-electron chi connectivity index (χ2n) is 5.26. The van der Waals surface area contributed by atoms with Crippen LogP contribution in [0.2, 0.25) is 0 Å². The van der Waals surface area contributed by atoms with Crippen LogP contribution in [0.3, 0.4) is 0 Å². The molecular formula is C17H20BrN3O. The Morgan fingerprint density at radius 1 is 1.18 bits per heavy atom. The summed E-state index contributed by atoms with van der Waals surface area (Å²) in [6.07, 6.45) is 0.674. The Hall–Kier alpha value is -1.85. The third-order valence-corrected chi connectivity index (χ3v) is 4.30. The number of amides is 1. The van der Waals surface area contributed by atoms with Gasteiger partial charge in [-0.05, 0) is 35.7 Å². The van der Waals surface area contributed by atoms with E-state index in [1.165, 1.54) is 5.56 Å². The number of rotatable bonds is 6. The molecule has 0 aliphatic heterocycles. The van der Waals surface area contributed by atoms with Crippen LogP contribution in [0.5, 0.6) is 0 Å². The van der Waals surface area contributed by atoms with Crippen molar-refractivity contribution >= 4 is 27.5 Å². The van der Waals surface area contributed by atoms with Crippen LogP contribution in [0.25, 0.3) is 0 Å². The minimum Gasteiger partial charge on any atom is -0.381 e. The zero-order valence-corrected chi connectivity index (χ0v) is 14.1. The summed E-state index contributed by atoms with van der Waals surface area (Å²) in [4.78, 5) is 11.4. The largest absolute Gasteiger partial charge is 0.381 e. The molecule has 116 valence electrons. The first-order valence-corrected chi connectivity index (χ1v) is 7.96. The number of halogens is 1. The van der Waals surface area contributed by atoms with E-state index in [4.69, 9.17) is 5.84 Å². The normalized spacial score (nSPS) is 11.8. The summed E-state index contributed by atoms with van der Waals surface area (Å²) in [6, 6.07) is 16.3. The van der Waals surface area contributed by atoms with Gasteiger partial charge in [0.05, 0.1) is 0 Å². The maximum atomic E-state index is 11.4. The van der Waals surface area contributed by atoms with Crippen molar-refractivity contribution in [3.8, 4) is 0 Å². The van der Waals surface area contributed by atoms with Crippen LogP contribution in [-0.2, 0) is 17.8 Å². The molecule has 1 amide bonds. The highest BCUT2D eigenvalue weighted by Crippen LogP contribution is 2.18. The van der Waals surface area contributed by atoms with Crippen LogP contribution in [0.4, 0.5) is 5.69 Å². The lowest BCUT2D eigenvalue weighted by Crippen LogP contribution is -2.35. The van der Waals surface area contributed by atoms with Crippen molar-refractivity contribution in [1.29, 1.82) is 0 Å². The van der Waals surface area contributed by atoms with E-state index in [9.17, 15) is 4.79 Å². The molecular weight excluding hydrogens is 342 g/mol. The van der Waals surface area contributed by atoms with Crippen molar-refractivity contribution in [2.75, 3.05) is 5.32 Å². The lowest BCUT2D eigenvalue weighted by molar-refractivity contribution is -0.124. The van der Waals surface area contributed by atoms with E-state index in [1.54, 1.807) is 0 Å². The molecule has 1 atom stereocenters. The third kappa shape index (κ3) is 4.58. The summed E-state index contributed by atoms with van der Waals surface area (Å²) >= 11 is 3.54. The Kier molecular flexibility index (Phi) is 5.98. The molecule has 2 rings (SSSR count). The van der Waals surface area contributed by atoms with Crippen molar-refractivity contribution in [3.05, 3.63) is 64.1 Å². The lowest BCUT2D eigenvalue weighted by atomic mass is 10.0. The summed E-state index contributed by atoms with van der Waals surface area (Å²) in [6.45, 7) is 2.62. The molecule has 0 aliphatic rings. The number of benzene rings is 2. The molecule has 0 bridgehead atoms. The van der Waals surface area contributed by atoms with Gasteiger partial charge < -0.3 is 5.32 Å². The fourth-order valence-corrected chi connectivity index (χ4v) is 2.61. The number of hydrogen-bond donors (Lipinski definition) is 3. The molecule has 22 heavy (non-hydrogen) atoms. The Morgan fingerprint density at radius 3 is 2.50 bits per heavy atom. The highest BCUT2D eigenvalue weighted by molar-refractivity contribution is 9.10. The molecule has 1 unspecified atom stereocenters. The predicted molar refractivity (Wildman–Crippen MR) is 93.1 cm³/mol. The average molecular weight is 362 g/mol. The fraction of sp³-hybridized carbons (Fsp3) is 0.235. The van der Waals surface area contributed by atoms with Crippen molar-refractivity contribution in [1.82, 2.24) is 5.43 Å².